The predicted octanol–water partition coefficient (Wildman–Crippen LogP) is 3.49. The molecule has 0 aliphatic carbocycles. The molecule has 1 saturated heterocycles. The van der Waals surface area contributed by atoms with Crippen LogP contribution in [0.2, 0.25) is 0 Å². The summed E-state index contributed by atoms with van der Waals surface area (Å²) in [5.74, 6) is 1.74. The Morgan fingerprint density at radius 3 is 2.85 bits per heavy atom. The zero-order valence-electron chi connectivity index (χ0n) is 11.8. The first kappa shape index (κ1) is 14.2. The summed E-state index contributed by atoms with van der Waals surface area (Å²) in [5.41, 5.74) is 8.07. The Morgan fingerprint density at radius 2 is 2.20 bits per heavy atom. The van der Waals surface area contributed by atoms with Crippen LogP contribution in [0.4, 0.5) is 10.8 Å². The zero-order chi connectivity index (χ0) is 14.3. The molecule has 0 atom stereocenters. The Morgan fingerprint density at radius 1 is 1.40 bits per heavy atom. The number of anilines is 2. The minimum absolute atomic E-state index is 0.270. The zero-order valence-corrected chi connectivity index (χ0v) is 14.3. The van der Waals surface area contributed by atoms with Gasteiger partial charge in [-0.25, -0.2) is 4.98 Å². The molecule has 3 heterocycles. The van der Waals surface area contributed by atoms with Crippen molar-refractivity contribution in [1.82, 2.24) is 9.36 Å². The van der Waals surface area contributed by atoms with Gasteiger partial charge in [-0.05, 0) is 32.3 Å². The molecular formula is C13H18N4S3. The summed E-state index contributed by atoms with van der Waals surface area (Å²) in [6.07, 6.45) is 0. The lowest BCUT2D eigenvalue weighted by molar-refractivity contribution is 0.651. The maximum absolute atomic E-state index is 6.09. The summed E-state index contributed by atoms with van der Waals surface area (Å²) < 4.78 is 4.63. The van der Waals surface area contributed by atoms with Gasteiger partial charge in [-0.1, -0.05) is 0 Å². The number of nitrogens with zero attached hydrogens (tertiary/aromatic N) is 3. The van der Waals surface area contributed by atoms with Crippen molar-refractivity contribution in [3.05, 3.63) is 10.4 Å². The maximum Gasteiger partial charge on any atom is 0.148 e. The SMILES string of the molecule is Cc1nc(-c2c(N)nsc2N2CCSC(C)(C)C2)cs1. The average molecular weight is 327 g/mol. The van der Waals surface area contributed by atoms with Crippen molar-refractivity contribution in [2.45, 2.75) is 25.5 Å². The molecule has 1 aliphatic heterocycles. The largest absolute Gasteiger partial charge is 0.382 e. The van der Waals surface area contributed by atoms with Crippen LogP contribution in [-0.4, -0.2) is 32.9 Å². The van der Waals surface area contributed by atoms with Crippen molar-refractivity contribution in [1.29, 1.82) is 0 Å². The fraction of sp³-hybridized carbons (Fsp3) is 0.538. The molecular weight excluding hydrogens is 308 g/mol. The van der Waals surface area contributed by atoms with Crippen LogP contribution in [0.1, 0.15) is 18.9 Å². The standard InChI is InChI=1S/C13H18N4S3/c1-8-15-9(6-18-8)10-11(14)16-20-12(10)17-4-5-19-13(2,3)7-17/h6H,4-5,7H2,1-3H3,(H2,14,16). The monoisotopic (exact) mass is 326 g/mol. The molecule has 0 spiro atoms. The van der Waals surface area contributed by atoms with E-state index < -0.39 is 0 Å². The quantitative estimate of drug-likeness (QED) is 0.915. The van der Waals surface area contributed by atoms with E-state index in [2.05, 4.69) is 33.5 Å². The van der Waals surface area contributed by atoms with Gasteiger partial charge in [0.25, 0.3) is 0 Å². The summed E-state index contributed by atoms with van der Waals surface area (Å²) in [6.45, 7) is 8.67. The van der Waals surface area contributed by atoms with Gasteiger partial charge in [0, 0.05) is 29.0 Å². The second kappa shape index (κ2) is 5.20. The van der Waals surface area contributed by atoms with E-state index in [-0.39, 0.29) is 4.75 Å². The molecule has 1 fully saturated rings. The van der Waals surface area contributed by atoms with Gasteiger partial charge in [0.15, 0.2) is 0 Å². The van der Waals surface area contributed by atoms with Gasteiger partial charge in [0.2, 0.25) is 0 Å². The van der Waals surface area contributed by atoms with Crippen LogP contribution < -0.4 is 10.6 Å². The summed E-state index contributed by atoms with van der Waals surface area (Å²) in [6, 6.07) is 0. The van der Waals surface area contributed by atoms with Crippen molar-refractivity contribution >= 4 is 45.5 Å². The van der Waals surface area contributed by atoms with Crippen LogP contribution >= 0.6 is 34.6 Å². The summed E-state index contributed by atoms with van der Waals surface area (Å²) >= 11 is 5.18. The minimum atomic E-state index is 0.270. The molecule has 4 nitrogen and oxygen atoms in total. The van der Waals surface area contributed by atoms with Crippen LogP contribution in [0.25, 0.3) is 11.3 Å². The van der Waals surface area contributed by atoms with E-state index in [1.807, 2.05) is 18.7 Å². The van der Waals surface area contributed by atoms with Gasteiger partial charge in [0.05, 0.1) is 16.3 Å². The molecule has 2 N–H and O–H groups in total. The molecule has 0 bridgehead atoms. The number of thiazole rings is 1. The average Bonchev–Trinajstić information content (AvgIpc) is 2.94. The number of nitrogen functional groups attached to an aromatic ring is 1. The highest BCUT2D eigenvalue weighted by molar-refractivity contribution is 8.00. The third-order valence-corrected chi connectivity index (χ3v) is 6.28. The van der Waals surface area contributed by atoms with E-state index in [1.165, 1.54) is 16.5 Å². The molecule has 0 radical (unpaired) electrons. The van der Waals surface area contributed by atoms with Crippen LogP contribution in [0.5, 0.6) is 0 Å². The van der Waals surface area contributed by atoms with Crippen LogP contribution in [0, 0.1) is 6.92 Å². The van der Waals surface area contributed by atoms with Gasteiger partial charge < -0.3 is 10.6 Å². The molecule has 20 heavy (non-hydrogen) atoms. The fourth-order valence-corrected chi connectivity index (χ4v) is 4.98. The van der Waals surface area contributed by atoms with Crippen LogP contribution in [0.3, 0.4) is 0 Å². The summed E-state index contributed by atoms with van der Waals surface area (Å²) in [7, 11) is 0. The Labute approximate surface area is 131 Å². The van der Waals surface area contributed by atoms with Gasteiger partial charge >= 0.3 is 0 Å². The molecule has 0 amide bonds. The van der Waals surface area contributed by atoms with E-state index in [0.717, 1.165) is 35.1 Å². The normalized spacial score (nSPS) is 18.4. The number of aromatic nitrogens is 2. The first-order chi connectivity index (χ1) is 9.46. The highest BCUT2D eigenvalue weighted by atomic mass is 32.2. The number of thioether (sulfide) groups is 1. The number of nitrogens with two attached hydrogens (primary N) is 1. The van der Waals surface area contributed by atoms with Crippen molar-refractivity contribution < 1.29 is 0 Å². The molecule has 108 valence electrons. The molecule has 0 aromatic carbocycles. The van der Waals surface area contributed by atoms with E-state index >= 15 is 0 Å². The molecule has 1 aliphatic rings. The second-order valence-electron chi connectivity index (χ2n) is 5.53. The van der Waals surface area contributed by atoms with Gasteiger partial charge in [0.1, 0.15) is 10.8 Å². The molecule has 0 unspecified atom stereocenters. The topological polar surface area (TPSA) is 55.0 Å². The van der Waals surface area contributed by atoms with Crippen LogP contribution in [0.15, 0.2) is 5.38 Å². The summed E-state index contributed by atoms with van der Waals surface area (Å²) in [5, 5.41) is 4.30. The highest BCUT2D eigenvalue weighted by Gasteiger charge is 2.30. The molecule has 0 saturated carbocycles. The van der Waals surface area contributed by atoms with Crippen molar-refractivity contribution in [2.24, 2.45) is 0 Å². The molecule has 7 heteroatoms. The van der Waals surface area contributed by atoms with Crippen molar-refractivity contribution in [2.75, 3.05) is 29.5 Å². The Hall–Kier alpha value is -0.790. The molecule has 2 aromatic heterocycles. The number of hydrogen-bond acceptors (Lipinski definition) is 7. The summed E-state index contributed by atoms with van der Waals surface area (Å²) in [4.78, 5) is 6.99. The van der Waals surface area contributed by atoms with Gasteiger partial charge in [-0.2, -0.15) is 16.1 Å². The van der Waals surface area contributed by atoms with E-state index in [1.54, 1.807) is 11.3 Å². The molecule has 2 aromatic rings. The first-order valence-electron chi connectivity index (χ1n) is 6.53. The predicted molar refractivity (Wildman–Crippen MR) is 91.1 cm³/mol. The Kier molecular flexibility index (Phi) is 3.68. The van der Waals surface area contributed by atoms with E-state index in [9.17, 15) is 0 Å². The van der Waals surface area contributed by atoms with Crippen LogP contribution in [-0.2, 0) is 0 Å². The van der Waals surface area contributed by atoms with Gasteiger partial charge in [-0.15, -0.1) is 11.3 Å². The number of aryl methyl sites for hydroxylation is 1. The van der Waals surface area contributed by atoms with E-state index in [0.29, 0.717) is 5.82 Å². The highest BCUT2D eigenvalue weighted by Crippen LogP contribution is 2.42. The maximum atomic E-state index is 6.09. The Balaban J connectivity index is 1.98. The Bertz CT molecular complexity index is 617. The molecule has 3 rings (SSSR count). The van der Waals surface area contributed by atoms with E-state index in [4.69, 9.17) is 5.73 Å². The minimum Gasteiger partial charge on any atom is -0.382 e. The second-order valence-corrected chi connectivity index (χ2v) is 9.15. The number of rotatable bonds is 2. The van der Waals surface area contributed by atoms with Gasteiger partial charge in [-0.3, -0.25) is 0 Å². The first-order valence-corrected chi connectivity index (χ1v) is 9.17. The van der Waals surface area contributed by atoms with Crippen molar-refractivity contribution in [3.8, 4) is 11.3 Å². The third-order valence-electron chi connectivity index (χ3n) is 3.29. The number of hydrogen-bond donors (Lipinski definition) is 1. The third kappa shape index (κ3) is 2.66. The smallest absolute Gasteiger partial charge is 0.148 e. The lowest BCUT2D eigenvalue weighted by Gasteiger charge is -2.38. The van der Waals surface area contributed by atoms with Crippen molar-refractivity contribution in [3.63, 3.8) is 0 Å². The lowest BCUT2D eigenvalue weighted by Crippen LogP contribution is -2.43. The lowest BCUT2D eigenvalue weighted by atomic mass is 10.1. The fourth-order valence-electron chi connectivity index (χ4n) is 2.42.